The lowest BCUT2D eigenvalue weighted by Gasteiger charge is -1.95. The van der Waals surface area contributed by atoms with Crippen LogP contribution in [0.25, 0.3) is 10.9 Å². The summed E-state index contributed by atoms with van der Waals surface area (Å²) < 4.78 is 1.96. The number of hydrogen-bond donors (Lipinski definition) is 0. The highest BCUT2D eigenvalue weighted by Crippen LogP contribution is 2.30. The molecule has 2 rings (SSSR count). The topological polar surface area (TPSA) is 41.6 Å². The molecule has 1 atom stereocenters. The van der Waals surface area contributed by atoms with Crippen LogP contribution >= 0.6 is 28.4 Å². The molecule has 0 aliphatic rings. The van der Waals surface area contributed by atoms with Gasteiger partial charge in [-0.3, -0.25) is 0 Å². The first-order chi connectivity index (χ1) is 6.76. The van der Waals surface area contributed by atoms with Crippen LogP contribution in [0.3, 0.4) is 0 Å². The van der Waals surface area contributed by atoms with Crippen LogP contribution in [0.2, 0.25) is 0 Å². The lowest BCUT2D eigenvalue weighted by Crippen LogP contribution is -1.82. The third-order valence-corrected chi connectivity index (χ3v) is 3.95. The maximum atomic E-state index is 8.77. The van der Waals surface area contributed by atoms with Crippen molar-refractivity contribution in [3.05, 3.63) is 29.5 Å². The van der Waals surface area contributed by atoms with E-state index in [0.29, 0.717) is 11.9 Å². The molecule has 0 fully saturated rings. The largest absolute Gasteiger partial charge is 0.237 e. The summed E-state index contributed by atoms with van der Waals surface area (Å²) >= 11 is 2.30. The van der Waals surface area contributed by atoms with Gasteiger partial charge in [-0.1, -0.05) is 0 Å². The smallest absolute Gasteiger partial charge is 0.0991 e. The number of halogens is 1. The van der Waals surface area contributed by atoms with E-state index in [4.69, 9.17) is 5.26 Å². The molecule has 1 aromatic carbocycles. The highest BCUT2D eigenvalue weighted by Gasteiger charge is 2.06. The van der Waals surface area contributed by atoms with Crippen molar-refractivity contribution in [2.24, 2.45) is 0 Å². The van der Waals surface area contributed by atoms with Gasteiger partial charge in [-0.05, 0) is 47.2 Å². The van der Waals surface area contributed by atoms with E-state index in [0.717, 1.165) is 16.6 Å². The Balaban J connectivity index is 2.78. The third-order valence-electron chi connectivity index (χ3n) is 2.07. The number of hydrogen-bond acceptors (Lipinski definition) is 2. The molecule has 1 unspecified atom stereocenters. The summed E-state index contributed by atoms with van der Waals surface area (Å²) in [7, 11) is 0. The monoisotopic (exact) mass is 315 g/mol. The van der Waals surface area contributed by atoms with E-state index in [-0.39, 0.29) is 0 Å². The van der Waals surface area contributed by atoms with Crippen molar-refractivity contribution in [2.75, 3.05) is 0 Å². The van der Waals surface area contributed by atoms with E-state index in [9.17, 15) is 0 Å². The molecule has 14 heavy (non-hydrogen) atoms. The average Bonchev–Trinajstić information content (AvgIpc) is 2.55. The minimum Gasteiger partial charge on any atom is -0.237 e. The van der Waals surface area contributed by atoms with Crippen LogP contribution in [-0.4, -0.2) is 9.55 Å². The van der Waals surface area contributed by atoms with Crippen LogP contribution in [0, 0.1) is 18.3 Å². The van der Waals surface area contributed by atoms with Gasteiger partial charge in [0.1, 0.15) is 0 Å². The molecule has 0 saturated heterocycles. The van der Waals surface area contributed by atoms with Gasteiger partial charge < -0.3 is 0 Å². The Kier molecular flexibility index (Phi) is 2.71. The van der Waals surface area contributed by atoms with Crippen molar-refractivity contribution in [3.63, 3.8) is 0 Å². The average molecular weight is 315 g/mol. The van der Waals surface area contributed by atoms with Crippen molar-refractivity contribution < 1.29 is 0 Å². The fraction of sp³-hybridized carbons (Fsp3) is 0.111. The molecular weight excluding hydrogens is 308 g/mol. The van der Waals surface area contributed by atoms with Gasteiger partial charge in [-0.25, -0.2) is 4.45 Å². The first-order valence-electron chi connectivity index (χ1n) is 4.02. The van der Waals surface area contributed by atoms with Gasteiger partial charge in [0.15, 0.2) is 0 Å². The third kappa shape index (κ3) is 1.51. The standard InChI is InChI=1S/C9H7IN3P/c1-6-8-4-7(5-11)2-3-9(8)13(12-6)14-10/h2-4,14H,1H3. The molecule has 0 saturated carbocycles. The van der Waals surface area contributed by atoms with Crippen molar-refractivity contribution in [1.29, 1.82) is 5.26 Å². The van der Waals surface area contributed by atoms with Crippen molar-refractivity contribution in [3.8, 4) is 6.07 Å². The molecule has 0 bridgehead atoms. The maximum Gasteiger partial charge on any atom is 0.0991 e. The fourth-order valence-corrected chi connectivity index (χ4v) is 2.98. The van der Waals surface area contributed by atoms with Gasteiger partial charge in [-0.15, -0.1) is 0 Å². The van der Waals surface area contributed by atoms with E-state index < -0.39 is 0 Å². The van der Waals surface area contributed by atoms with Crippen molar-refractivity contribution in [1.82, 2.24) is 9.55 Å². The number of rotatable bonds is 1. The summed E-state index contributed by atoms with van der Waals surface area (Å²) in [5.74, 6) is 0. The fourth-order valence-electron chi connectivity index (χ4n) is 1.40. The summed E-state index contributed by atoms with van der Waals surface area (Å²) in [5, 5.41) is 14.2. The molecule has 5 heteroatoms. The lowest BCUT2D eigenvalue weighted by atomic mass is 10.1. The number of nitriles is 1. The Labute approximate surface area is 96.4 Å². The first kappa shape index (κ1) is 9.88. The molecule has 0 spiro atoms. The van der Waals surface area contributed by atoms with Gasteiger partial charge in [0.05, 0.1) is 29.2 Å². The molecule has 70 valence electrons. The Morgan fingerprint density at radius 2 is 2.36 bits per heavy atom. The highest BCUT2D eigenvalue weighted by atomic mass is 127. The van der Waals surface area contributed by atoms with E-state index in [1.54, 1.807) is 0 Å². The predicted octanol–water partition coefficient (Wildman–Crippen LogP) is 3.01. The summed E-state index contributed by atoms with van der Waals surface area (Å²) in [6.07, 6.45) is 0.595. The predicted molar refractivity (Wildman–Crippen MR) is 66.9 cm³/mol. The second kappa shape index (κ2) is 3.84. The molecule has 0 radical (unpaired) electrons. The molecule has 0 aliphatic heterocycles. The van der Waals surface area contributed by atoms with Crippen LogP contribution in [0.1, 0.15) is 11.3 Å². The number of benzene rings is 1. The molecule has 2 aromatic rings. The number of aryl methyl sites for hydroxylation is 1. The lowest BCUT2D eigenvalue weighted by molar-refractivity contribution is 1.00. The zero-order chi connectivity index (χ0) is 10.1. The maximum absolute atomic E-state index is 8.77. The molecule has 0 N–H and O–H groups in total. The van der Waals surface area contributed by atoms with Gasteiger partial charge >= 0.3 is 0 Å². The summed E-state index contributed by atoms with van der Waals surface area (Å²) in [5.41, 5.74) is 2.78. The summed E-state index contributed by atoms with van der Waals surface area (Å²) in [6.45, 7) is 1.97. The Morgan fingerprint density at radius 1 is 1.57 bits per heavy atom. The van der Waals surface area contributed by atoms with Gasteiger partial charge in [0.25, 0.3) is 0 Å². The number of nitrogens with zero attached hydrogens (tertiary/aromatic N) is 3. The van der Waals surface area contributed by atoms with E-state index >= 15 is 0 Å². The van der Waals surface area contributed by atoms with Gasteiger partial charge in [0.2, 0.25) is 0 Å². The van der Waals surface area contributed by atoms with Gasteiger partial charge in [-0.2, -0.15) is 10.4 Å². The number of aromatic nitrogens is 2. The zero-order valence-electron chi connectivity index (χ0n) is 7.45. The molecule has 0 aliphatic carbocycles. The molecule has 3 nitrogen and oxygen atoms in total. The second-order valence-electron chi connectivity index (χ2n) is 2.93. The van der Waals surface area contributed by atoms with Crippen LogP contribution in [0.5, 0.6) is 0 Å². The molecular formula is C9H7IN3P. The first-order valence-corrected chi connectivity index (χ1v) is 8.08. The van der Waals surface area contributed by atoms with E-state index in [1.165, 1.54) is 0 Å². The second-order valence-corrected chi connectivity index (χ2v) is 4.97. The van der Waals surface area contributed by atoms with Gasteiger partial charge in [0, 0.05) is 5.39 Å². The van der Waals surface area contributed by atoms with Crippen molar-refractivity contribution >= 4 is 39.3 Å². The van der Waals surface area contributed by atoms with Crippen LogP contribution < -0.4 is 0 Å². The van der Waals surface area contributed by atoms with Crippen LogP contribution in [0.4, 0.5) is 0 Å². The van der Waals surface area contributed by atoms with Crippen molar-refractivity contribution in [2.45, 2.75) is 6.92 Å². The Bertz CT molecular complexity index is 527. The Morgan fingerprint density at radius 3 is 3.00 bits per heavy atom. The highest BCUT2D eigenvalue weighted by molar-refractivity contribution is 14.2. The quantitative estimate of drug-likeness (QED) is 0.600. The zero-order valence-corrected chi connectivity index (χ0v) is 10.6. The van der Waals surface area contributed by atoms with E-state index in [1.807, 2.05) is 29.6 Å². The summed E-state index contributed by atoms with van der Waals surface area (Å²) in [6, 6.07) is 7.82. The Hall–Kier alpha value is -0.660. The molecule has 1 heterocycles. The SMILES string of the molecule is Cc1nn(PI)c2ccc(C#N)cc12. The molecule has 1 aromatic heterocycles. The van der Waals surface area contributed by atoms with Crippen LogP contribution in [0.15, 0.2) is 18.2 Å². The normalized spacial score (nSPS) is 11.2. The minimum atomic E-state index is 0.595. The number of fused-ring (bicyclic) bond motifs is 1. The molecule has 0 amide bonds. The van der Waals surface area contributed by atoms with Crippen LogP contribution in [-0.2, 0) is 0 Å². The summed E-state index contributed by atoms with van der Waals surface area (Å²) in [4.78, 5) is 0. The minimum absolute atomic E-state index is 0.595. The van der Waals surface area contributed by atoms with E-state index in [2.05, 4.69) is 33.2 Å².